The molecular formula is C24H31N3O2. The van der Waals surface area contributed by atoms with Gasteiger partial charge in [-0.3, -0.25) is 0 Å². The molecule has 5 nitrogen and oxygen atoms in total. The maximum absolute atomic E-state index is 5.99. The van der Waals surface area contributed by atoms with E-state index in [1.54, 1.807) is 0 Å². The minimum atomic E-state index is -0.193. The zero-order valence-corrected chi connectivity index (χ0v) is 18.1. The molecular weight excluding hydrogens is 362 g/mol. The third-order valence-corrected chi connectivity index (χ3v) is 5.16. The number of rotatable bonds is 9. The van der Waals surface area contributed by atoms with Crippen molar-refractivity contribution in [3.8, 4) is 5.75 Å². The fourth-order valence-corrected chi connectivity index (χ4v) is 3.23. The van der Waals surface area contributed by atoms with Gasteiger partial charge in [0, 0.05) is 18.2 Å². The number of aromatic nitrogens is 2. The van der Waals surface area contributed by atoms with E-state index in [1.165, 1.54) is 11.1 Å². The van der Waals surface area contributed by atoms with E-state index in [0.29, 0.717) is 24.9 Å². The first kappa shape index (κ1) is 20.9. The topological polar surface area (TPSA) is 51.4 Å². The highest BCUT2D eigenvalue weighted by Gasteiger charge is 2.27. The van der Waals surface area contributed by atoms with E-state index in [0.717, 1.165) is 24.3 Å². The predicted octanol–water partition coefficient (Wildman–Crippen LogP) is 5.46. The molecule has 0 saturated heterocycles. The van der Waals surface area contributed by atoms with Crippen LogP contribution in [0.15, 0.2) is 52.9 Å². The Morgan fingerprint density at radius 1 is 1.03 bits per heavy atom. The average molecular weight is 394 g/mol. The first-order valence-corrected chi connectivity index (χ1v) is 10.1. The van der Waals surface area contributed by atoms with Crippen molar-refractivity contribution in [1.29, 1.82) is 0 Å². The zero-order chi connectivity index (χ0) is 20.9. The van der Waals surface area contributed by atoms with Crippen molar-refractivity contribution < 1.29 is 9.15 Å². The van der Waals surface area contributed by atoms with Crippen LogP contribution < -0.4 is 9.64 Å². The Hall–Kier alpha value is -2.82. The summed E-state index contributed by atoms with van der Waals surface area (Å²) >= 11 is 0. The Bertz CT molecular complexity index is 919. The molecule has 154 valence electrons. The van der Waals surface area contributed by atoms with Crippen molar-refractivity contribution in [2.24, 2.45) is 0 Å². The second kappa shape index (κ2) is 9.12. The van der Waals surface area contributed by atoms with Gasteiger partial charge in [0.05, 0.1) is 13.2 Å². The van der Waals surface area contributed by atoms with Gasteiger partial charge in [0.25, 0.3) is 0 Å². The molecule has 1 heterocycles. The van der Waals surface area contributed by atoms with E-state index >= 15 is 0 Å². The van der Waals surface area contributed by atoms with Gasteiger partial charge >= 0.3 is 0 Å². The van der Waals surface area contributed by atoms with Crippen molar-refractivity contribution in [2.45, 2.75) is 52.5 Å². The van der Waals surface area contributed by atoms with E-state index in [-0.39, 0.29) is 5.41 Å². The summed E-state index contributed by atoms with van der Waals surface area (Å²) in [5, 5.41) is 8.57. The SMILES string of the molecule is Cc1ccc(C)c(OCCCC(C)(C)c2nnc(CN(C)c3ccccc3)o2)c1. The molecule has 0 spiro atoms. The number of benzene rings is 2. The molecule has 5 heteroatoms. The molecule has 0 bridgehead atoms. The van der Waals surface area contributed by atoms with Crippen LogP contribution in [0.4, 0.5) is 5.69 Å². The molecule has 3 rings (SSSR count). The van der Waals surface area contributed by atoms with Gasteiger partial charge in [-0.05, 0) is 56.0 Å². The lowest BCUT2D eigenvalue weighted by Crippen LogP contribution is -2.19. The summed E-state index contributed by atoms with van der Waals surface area (Å²) in [7, 11) is 2.02. The lowest BCUT2D eigenvalue weighted by molar-refractivity contribution is 0.268. The number of anilines is 1. The zero-order valence-electron chi connectivity index (χ0n) is 18.1. The molecule has 0 aliphatic heterocycles. The first-order chi connectivity index (χ1) is 13.8. The second-order valence-corrected chi connectivity index (χ2v) is 8.30. The summed E-state index contributed by atoms with van der Waals surface area (Å²) < 4.78 is 12.0. The first-order valence-electron chi connectivity index (χ1n) is 10.1. The summed E-state index contributed by atoms with van der Waals surface area (Å²) in [6, 6.07) is 16.5. The van der Waals surface area contributed by atoms with Crippen LogP contribution in [0.5, 0.6) is 5.75 Å². The van der Waals surface area contributed by atoms with Gasteiger partial charge in [0.1, 0.15) is 5.75 Å². The lowest BCUT2D eigenvalue weighted by Gasteiger charge is -2.20. The average Bonchev–Trinajstić information content (AvgIpc) is 3.18. The largest absolute Gasteiger partial charge is 0.493 e. The maximum Gasteiger partial charge on any atom is 0.235 e. The van der Waals surface area contributed by atoms with Gasteiger partial charge in [-0.15, -0.1) is 10.2 Å². The predicted molar refractivity (Wildman–Crippen MR) is 117 cm³/mol. The van der Waals surface area contributed by atoms with Crippen LogP contribution in [0.1, 0.15) is 49.6 Å². The number of hydrogen-bond donors (Lipinski definition) is 0. The van der Waals surface area contributed by atoms with Crippen LogP contribution >= 0.6 is 0 Å². The normalized spacial score (nSPS) is 11.5. The number of aryl methyl sites for hydroxylation is 2. The third-order valence-electron chi connectivity index (χ3n) is 5.16. The molecule has 29 heavy (non-hydrogen) atoms. The number of para-hydroxylation sites is 1. The Balaban J connectivity index is 1.52. The minimum Gasteiger partial charge on any atom is -0.493 e. The standard InChI is InChI=1S/C24H31N3O2/c1-18-12-13-19(2)21(16-18)28-15-9-14-24(3,4)23-26-25-22(29-23)17-27(5)20-10-7-6-8-11-20/h6-8,10-13,16H,9,14-15,17H2,1-5H3. The van der Waals surface area contributed by atoms with Gasteiger partial charge < -0.3 is 14.1 Å². The smallest absolute Gasteiger partial charge is 0.235 e. The molecule has 3 aromatic rings. The van der Waals surface area contributed by atoms with Crippen molar-refractivity contribution in [3.05, 3.63) is 71.4 Å². The molecule has 2 aromatic carbocycles. The molecule has 0 atom stereocenters. The van der Waals surface area contributed by atoms with E-state index in [2.05, 4.69) is 73.1 Å². The second-order valence-electron chi connectivity index (χ2n) is 8.30. The van der Waals surface area contributed by atoms with Gasteiger partial charge in [0.15, 0.2) is 0 Å². The highest BCUT2D eigenvalue weighted by molar-refractivity contribution is 5.44. The van der Waals surface area contributed by atoms with Gasteiger partial charge in [0.2, 0.25) is 11.8 Å². The third kappa shape index (κ3) is 5.59. The van der Waals surface area contributed by atoms with Crippen LogP contribution in [0.2, 0.25) is 0 Å². The summed E-state index contributed by atoms with van der Waals surface area (Å²) in [6.07, 6.45) is 1.83. The van der Waals surface area contributed by atoms with Gasteiger partial charge in [-0.2, -0.15) is 0 Å². The number of nitrogens with zero attached hydrogens (tertiary/aromatic N) is 3. The molecule has 0 amide bonds. The molecule has 1 aromatic heterocycles. The van der Waals surface area contributed by atoms with E-state index in [9.17, 15) is 0 Å². The van der Waals surface area contributed by atoms with Gasteiger partial charge in [-0.1, -0.05) is 44.2 Å². The maximum atomic E-state index is 5.99. The van der Waals surface area contributed by atoms with E-state index in [1.807, 2.05) is 25.2 Å². The highest BCUT2D eigenvalue weighted by atomic mass is 16.5. The fourth-order valence-electron chi connectivity index (χ4n) is 3.23. The summed E-state index contributed by atoms with van der Waals surface area (Å²) in [5.74, 6) is 2.28. The molecule has 0 aliphatic carbocycles. The van der Waals surface area contributed by atoms with Crippen molar-refractivity contribution >= 4 is 5.69 Å². The Labute approximate surface area is 173 Å². The quantitative estimate of drug-likeness (QED) is 0.452. The highest BCUT2D eigenvalue weighted by Crippen LogP contribution is 2.28. The molecule has 0 aliphatic rings. The van der Waals surface area contributed by atoms with Crippen LogP contribution in [-0.2, 0) is 12.0 Å². The van der Waals surface area contributed by atoms with Gasteiger partial charge in [-0.25, -0.2) is 0 Å². The Morgan fingerprint density at radius 3 is 2.55 bits per heavy atom. The fraction of sp³-hybridized carbons (Fsp3) is 0.417. The van der Waals surface area contributed by atoms with Crippen LogP contribution in [0.3, 0.4) is 0 Å². The molecule has 0 unspecified atom stereocenters. The van der Waals surface area contributed by atoms with Crippen molar-refractivity contribution in [2.75, 3.05) is 18.6 Å². The lowest BCUT2D eigenvalue weighted by atomic mass is 9.88. The summed E-state index contributed by atoms with van der Waals surface area (Å²) in [6.45, 7) is 9.70. The molecule has 0 N–H and O–H groups in total. The number of ether oxygens (including phenoxy) is 1. The minimum absolute atomic E-state index is 0.193. The van der Waals surface area contributed by atoms with Crippen LogP contribution in [0.25, 0.3) is 0 Å². The monoisotopic (exact) mass is 393 g/mol. The van der Waals surface area contributed by atoms with Crippen LogP contribution in [0, 0.1) is 13.8 Å². The van der Waals surface area contributed by atoms with Crippen LogP contribution in [-0.4, -0.2) is 23.9 Å². The molecule has 0 saturated carbocycles. The molecule has 0 radical (unpaired) electrons. The molecule has 0 fully saturated rings. The van der Waals surface area contributed by atoms with Crippen molar-refractivity contribution in [3.63, 3.8) is 0 Å². The summed E-state index contributed by atoms with van der Waals surface area (Å²) in [5.41, 5.74) is 3.31. The number of hydrogen-bond acceptors (Lipinski definition) is 5. The van der Waals surface area contributed by atoms with E-state index < -0.39 is 0 Å². The Kier molecular flexibility index (Phi) is 6.57. The van der Waals surface area contributed by atoms with Crippen molar-refractivity contribution in [1.82, 2.24) is 10.2 Å². The Morgan fingerprint density at radius 2 is 1.79 bits per heavy atom. The summed E-state index contributed by atoms with van der Waals surface area (Å²) in [4.78, 5) is 2.10. The van der Waals surface area contributed by atoms with E-state index in [4.69, 9.17) is 9.15 Å².